The molecule has 30 heavy (non-hydrogen) atoms. The summed E-state index contributed by atoms with van der Waals surface area (Å²) in [5.41, 5.74) is 2.48. The first-order valence-corrected chi connectivity index (χ1v) is 16.5. The molecule has 0 fully saturated rings. The van der Waals surface area contributed by atoms with Gasteiger partial charge < -0.3 is 9.47 Å². The molecule has 0 spiro atoms. The Hall–Kier alpha value is 1.24. The first kappa shape index (κ1) is 29.3. The lowest BCUT2D eigenvalue weighted by Crippen LogP contribution is -1.99. The van der Waals surface area contributed by atoms with E-state index in [9.17, 15) is 0 Å². The zero-order valence-electron chi connectivity index (χ0n) is 18.0. The molecule has 0 aliphatic rings. The molecule has 0 bridgehead atoms. The molecule has 0 saturated carbocycles. The van der Waals surface area contributed by atoms with Gasteiger partial charge in [0.1, 0.15) is 0 Å². The van der Waals surface area contributed by atoms with Gasteiger partial charge in [-0.25, -0.2) is 0 Å². The standard InChI is InChI=1S/C22H38O2S6/c25-9-13-29-17-15-27-11-1-7-23-19-21-3-5-22(6-4-21)20-24-8-2-12-28-16-18-30-14-10-26/h3-6,25-26H,1-2,7-20H2. The van der Waals surface area contributed by atoms with Crippen LogP contribution in [0.1, 0.15) is 24.0 Å². The van der Waals surface area contributed by atoms with Gasteiger partial charge in [0.15, 0.2) is 0 Å². The van der Waals surface area contributed by atoms with Crippen molar-refractivity contribution in [3.8, 4) is 0 Å². The summed E-state index contributed by atoms with van der Waals surface area (Å²) >= 11 is 16.5. The van der Waals surface area contributed by atoms with Crippen LogP contribution in [0, 0.1) is 0 Å². The SMILES string of the molecule is SCCSCCSCCCOCc1ccc(COCCCSCCSCCS)cc1. The molecule has 1 aromatic carbocycles. The smallest absolute Gasteiger partial charge is 0.0716 e. The Labute approximate surface area is 212 Å². The lowest BCUT2D eigenvalue weighted by molar-refractivity contribution is 0.120. The molecule has 0 aliphatic carbocycles. The number of hydrogen-bond acceptors (Lipinski definition) is 8. The van der Waals surface area contributed by atoms with Gasteiger partial charge in [-0.05, 0) is 47.0 Å². The highest BCUT2D eigenvalue weighted by molar-refractivity contribution is 8.03. The van der Waals surface area contributed by atoms with Crippen LogP contribution in [-0.2, 0) is 22.7 Å². The molecule has 174 valence electrons. The third-order valence-electron chi connectivity index (χ3n) is 3.93. The lowest BCUT2D eigenvalue weighted by atomic mass is 10.1. The highest BCUT2D eigenvalue weighted by Gasteiger charge is 1.98. The van der Waals surface area contributed by atoms with Gasteiger partial charge in [0.05, 0.1) is 13.2 Å². The molecule has 8 heteroatoms. The molecule has 0 saturated heterocycles. The Balaban J connectivity index is 1.92. The second-order valence-corrected chi connectivity index (χ2v) is 12.3. The van der Waals surface area contributed by atoms with Gasteiger partial charge in [0, 0.05) is 47.7 Å². The molecule has 0 amide bonds. The van der Waals surface area contributed by atoms with Crippen LogP contribution in [0.2, 0.25) is 0 Å². The molecule has 0 radical (unpaired) electrons. The van der Waals surface area contributed by atoms with E-state index in [0.717, 1.165) is 49.1 Å². The Morgan fingerprint density at radius 1 is 0.533 bits per heavy atom. The van der Waals surface area contributed by atoms with Crippen LogP contribution in [-0.4, -0.2) is 70.7 Å². The van der Waals surface area contributed by atoms with E-state index >= 15 is 0 Å². The lowest BCUT2D eigenvalue weighted by Gasteiger charge is -2.07. The maximum atomic E-state index is 5.80. The maximum Gasteiger partial charge on any atom is 0.0716 e. The van der Waals surface area contributed by atoms with E-state index in [-0.39, 0.29) is 0 Å². The molecule has 0 atom stereocenters. The van der Waals surface area contributed by atoms with E-state index < -0.39 is 0 Å². The molecule has 0 aromatic heterocycles. The van der Waals surface area contributed by atoms with Crippen molar-refractivity contribution >= 4 is 72.3 Å². The van der Waals surface area contributed by atoms with E-state index in [1.54, 1.807) is 0 Å². The zero-order valence-corrected chi connectivity index (χ0v) is 23.0. The summed E-state index contributed by atoms with van der Waals surface area (Å²) in [5, 5.41) is 0. The van der Waals surface area contributed by atoms with Gasteiger partial charge in [-0.15, -0.1) is 0 Å². The number of benzene rings is 1. The van der Waals surface area contributed by atoms with E-state index in [4.69, 9.17) is 9.47 Å². The van der Waals surface area contributed by atoms with E-state index in [1.807, 2.05) is 47.0 Å². The second kappa shape index (κ2) is 23.4. The zero-order chi connectivity index (χ0) is 21.5. The summed E-state index contributed by atoms with van der Waals surface area (Å²) in [6, 6.07) is 8.63. The topological polar surface area (TPSA) is 18.5 Å². The number of ether oxygens (including phenoxy) is 2. The monoisotopic (exact) mass is 526 g/mol. The van der Waals surface area contributed by atoms with E-state index in [0.29, 0.717) is 13.2 Å². The predicted molar refractivity (Wildman–Crippen MR) is 152 cm³/mol. The van der Waals surface area contributed by atoms with Crippen molar-refractivity contribution in [1.29, 1.82) is 0 Å². The van der Waals surface area contributed by atoms with Crippen LogP contribution in [0.15, 0.2) is 24.3 Å². The molecule has 0 heterocycles. The van der Waals surface area contributed by atoms with E-state index in [2.05, 4.69) is 49.5 Å². The van der Waals surface area contributed by atoms with Crippen molar-refractivity contribution in [2.24, 2.45) is 0 Å². The van der Waals surface area contributed by atoms with Crippen LogP contribution in [0.5, 0.6) is 0 Å². The quantitative estimate of drug-likeness (QED) is 0.136. The number of thiol groups is 2. The average Bonchev–Trinajstić information content (AvgIpc) is 2.77. The van der Waals surface area contributed by atoms with Crippen molar-refractivity contribution in [3.05, 3.63) is 35.4 Å². The first-order chi connectivity index (χ1) is 14.9. The van der Waals surface area contributed by atoms with Crippen LogP contribution in [0.3, 0.4) is 0 Å². The maximum absolute atomic E-state index is 5.80. The second-order valence-electron chi connectivity index (χ2n) is 6.53. The fraction of sp³-hybridized carbons (Fsp3) is 0.727. The van der Waals surface area contributed by atoms with Gasteiger partial charge in [-0.1, -0.05) is 24.3 Å². The molecule has 1 rings (SSSR count). The average molecular weight is 527 g/mol. The molecule has 0 N–H and O–H groups in total. The molecule has 0 aliphatic heterocycles. The Bertz CT molecular complexity index is 432. The van der Waals surface area contributed by atoms with Crippen molar-refractivity contribution in [1.82, 2.24) is 0 Å². The fourth-order valence-corrected chi connectivity index (χ4v) is 6.79. The minimum atomic E-state index is 0.701. The van der Waals surface area contributed by atoms with Crippen molar-refractivity contribution in [3.63, 3.8) is 0 Å². The first-order valence-electron chi connectivity index (χ1n) is 10.6. The molecular weight excluding hydrogens is 489 g/mol. The number of thioether (sulfide) groups is 4. The number of rotatable bonds is 22. The van der Waals surface area contributed by atoms with Crippen LogP contribution < -0.4 is 0 Å². The summed E-state index contributed by atoms with van der Waals surface area (Å²) in [7, 11) is 0. The summed E-state index contributed by atoms with van der Waals surface area (Å²) in [6.07, 6.45) is 2.25. The van der Waals surface area contributed by atoms with Crippen LogP contribution in [0.4, 0.5) is 0 Å². The predicted octanol–water partition coefficient (Wildman–Crippen LogP) is 6.29. The normalized spacial score (nSPS) is 11.3. The Kier molecular flexibility index (Phi) is 22.8. The van der Waals surface area contributed by atoms with Crippen molar-refractivity contribution in [2.75, 3.05) is 70.7 Å². The third-order valence-corrected chi connectivity index (χ3v) is 9.61. The van der Waals surface area contributed by atoms with Crippen molar-refractivity contribution in [2.45, 2.75) is 26.1 Å². The van der Waals surface area contributed by atoms with E-state index in [1.165, 1.54) is 45.6 Å². The van der Waals surface area contributed by atoms with Gasteiger partial charge in [-0.3, -0.25) is 0 Å². The molecule has 0 unspecified atom stereocenters. The summed E-state index contributed by atoms with van der Waals surface area (Å²) in [4.78, 5) is 0. The van der Waals surface area contributed by atoms with Gasteiger partial charge in [0.25, 0.3) is 0 Å². The van der Waals surface area contributed by atoms with Crippen LogP contribution >= 0.6 is 72.3 Å². The minimum absolute atomic E-state index is 0.701. The molecular formula is C22H38O2S6. The van der Waals surface area contributed by atoms with Gasteiger partial charge in [0.2, 0.25) is 0 Å². The number of hydrogen-bond donors (Lipinski definition) is 2. The minimum Gasteiger partial charge on any atom is -0.377 e. The van der Waals surface area contributed by atoms with Crippen LogP contribution in [0.25, 0.3) is 0 Å². The summed E-state index contributed by atoms with van der Waals surface area (Å²) in [6.45, 7) is 3.08. The highest BCUT2D eigenvalue weighted by atomic mass is 32.2. The molecule has 1 aromatic rings. The largest absolute Gasteiger partial charge is 0.377 e. The third kappa shape index (κ3) is 18.8. The van der Waals surface area contributed by atoms with Gasteiger partial charge >= 0.3 is 0 Å². The summed E-state index contributed by atoms with van der Waals surface area (Å²) in [5.74, 6) is 11.6. The van der Waals surface area contributed by atoms with Crippen molar-refractivity contribution < 1.29 is 9.47 Å². The summed E-state index contributed by atoms with van der Waals surface area (Å²) < 4.78 is 11.6. The highest BCUT2D eigenvalue weighted by Crippen LogP contribution is 2.11. The Morgan fingerprint density at radius 2 is 0.900 bits per heavy atom. The molecule has 2 nitrogen and oxygen atoms in total. The van der Waals surface area contributed by atoms with Gasteiger partial charge in [-0.2, -0.15) is 72.3 Å². The fourth-order valence-electron chi connectivity index (χ4n) is 2.41. The Morgan fingerprint density at radius 3 is 1.27 bits per heavy atom.